The van der Waals surface area contributed by atoms with Gasteiger partial charge in [-0.15, -0.1) is 12.4 Å². The summed E-state index contributed by atoms with van der Waals surface area (Å²) in [5.41, 5.74) is 2.05. The average Bonchev–Trinajstić information content (AvgIpc) is 2.57. The van der Waals surface area contributed by atoms with E-state index in [2.05, 4.69) is 5.32 Å². The van der Waals surface area contributed by atoms with E-state index in [1.807, 2.05) is 31.2 Å². The van der Waals surface area contributed by atoms with Crippen LogP contribution in [0.5, 0.6) is 5.75 Å². The quantitative estimate of drug-likeness (QED) is 0.629. The van der Waals surface area contributed by atoms with Gasteiger partial charge in [0.15, 0.2) is 11.6 Å². The van der Waals surface area contributed by atoms with Crippen molar-refractivity contribution >= 4 is 22.2 Å². The molecule has 2 rings (SSSR count). The largest absolute Gasteiger partial charge is 0.492 e. The van der Waals surface area contributed by atoms with Crippen molar-refractivity contribution in [1.29, 1.82) is 0 Å². The van der Waals surface area contributed by atoms with E-state index in [1.54, 1.807) is 0 Å². The second kappa shape index (κ2) is 10.6. The van der Waals surface area contributed by atoms with Gasteiger partial charge in [-0.25, -0.2) is 17.2 Å². The van der Waals surface area contributed by atoms with Crippen LogP contribution in [0.15, 0.2) is 42.5 Å². The van der Waals surface area contributed by atoms with Crippen molar-refractivity contribution in [2.75, 3.05) is 25.2 Å². The van der Waals surface area contributed by atoms with Gasteiger partial charge < -0.3 is 10.1 Å². The molecule has 1 atom stereocenters. The molecular weight excluding hydrogens is 396 g/mol. The van der Waals surface area contributed by atoms with E-state index in [9.17, 15) is 17.2 Å². The van der Waals surface area contributed by atoms with E-state index in [4.69, 9.17) is 4.74 Å². The van der Waals surface area contributed by atoms with Crippen LogP contribution in [0.25, 0.3) is 0 Å². The molecule has 0 amide bonds. The van der Waals surface area contributed by atoms with Crippen molar-refractivity contribution in [2.24, 2.45) is 0 Å². The van der Waals surface area contributed by atoms with Crippen molar-refractivity contribution in [2.45, 2.75) is 19.4 Å². The van der Waals surface area contributed by atoms with Crippen molar-refractivity contribution in [3.05, 3.63) is 65.2 Å². The van der Waals surface area contributed by atoms with Crippen LogP contribution >= 0.6 is 12.4 Å². The summed E-state index contributed by atoms with van der Waals surface area (Å²) in [6, 6.07) is 11.2. The van der Waals surface area contributed by atoms with Gasteiger partial charge in [0.1, 0.15) is 22.2 Å². The number of hydrogen-bond donors (Lipinski definition) is 1. The van der Waals surface area contributed by atoms with Crippen LogP contribution < -0.4 is 10.1 Å². The van der Waals surface area contributed by atoms with Gasteiger partial charge in [0, 0.05) is 25.4 Å². The predicted molar refractivity (Wildman–Crippen MR) is 105 cm³/mol. The fourth-order valence-corrected chi connectivity index (χ4v) is 3.66. The molecule has 0 unspecified atom stereocenters. The lowest BCUT2D eigenvalue weighted by Crippen LogP contribution is -2.20. The molecule has 27 heavy (non-hydrogen) atoms. The molecule has 0 heterocycles. The molecule has 4 nitrogen and oxygen atoms in total. The third-order valence-electron chi connectivity index (χ3n) is 3.87. The van der Waals surface area contributed by atoms with Crippen LogP contribution in [-0.4, -0.2) is 33.6 Å². The Bertz CT molecular complexity index is 829. The molecule has 0 fully saturated rings. The summed E-state index contributed by atoms with van der Waals surface area (Å²) in [4.78, 5) is 0. The zero-order valence-corrected chi connectivity index (χ0v) is 16.9. The van der Waals surface area contributed by atoms with E-state index in [0.717, 1.165) is 23.3 Å². The summed E-state index contributed by atoms with van der Waals surface area (Å²) in [6.45, 7) is 3.39. The van der Waals surface area contributed by atoms with Crippen LogP contribution in [0, 0.1) is 11.6 Å². The first-order valence-corrected chi connectivity index (χ1v) is 10.4. The van der Waals surface area contributed by atoms with Gasteiger partial charge in [-0.1, -0.05) is 31.2 Å². The van der Waals surface area contributed by atoms with Gasteiger partial charge in [-0.2, -0.15) is 0 Å². The second-order valence-electron chi connectivity index (χ2n) is 6.34. The first kappa shape index (κ1) is 23.3. The zero-order chi connectivity index (χ0) is 19.2. The Morgan fingerprint density at radius 2 is 1.74 bits per heavy atom. The van der Waals surface area contributed by atoms with Crippen LogP contribution in [0.2, 0.25) is 0 Å². The van der Waals surface area contributed by atoms with Gasteiger partial charge in [0.05, 0.1) is 5.75 Å². The number of ether oxygens (including phenoxy) is 1. The molecule has 150 valence electrons. The van der Waals surface area contributed by atoms with Crippen LogP contribution in [0.1, 0.15) is 24.0 Å². The second-order valence-corrected chi connectivity index (χ2v) is 8.52. The Morgan fingerprint density at radius 3 is 2.33 bits per heavy atom. The third-order valence-corrected chi connectivity index (χ3v) is 4.97. The Balaban J connectivity index is 0.00000364. The Morgan fingerprint density at radius 1 is 1.07 bits per heavy atom. The summed E-state index contributed by atoms with van der Waals surface area (Å²) >= 11 is 0. The van der Waals surface area contributed by atoms with Crippen LogP contribution in [0.4, 0.5) is 8.78 Å². The predicted octanol–water partition coefficient (Wildman–Crippen LogP) is 3.70. The van der Waals surface area contributed by atoms with E-state index in [-0.39, 0.29) is 29.8 Å². The monoisotopic (exact) mass is 419 g/mol. The molecule has 0 saturated carbocycles. The molecule has 0 spiro atoms. The minimum atomic E-state index is -3.00. The van der Waals surface area contributed by atoms with E-state index < -0.39 is 21.5 Å². The molecule has 0 saturated heterocycles. The number of hydrogen-bond acceptors (Lipinski definition) is 4. The molecule has 0 aliphatic carbocycles. The van der Waals surface area contributed by atoms with E-state index >= 15 is 0 Å². The highest BCUT2D eigenvalue weighted by atomic mass is 35.5. The molecular formula is C19H24ClF2NO3S. The maximum Gasteiger partial charge on any atom is 0.162 e. The molecule has 0 aliphatic rings. The maximum absolute atomic E-state index is 13.1. The van der Waals surface area contributed by atoms with Gasteiger partial charge in [-0.3, -0.25) is 0 Å². The van der Waals surface area contributed by atoms with Crippen LogP contribution in [0.3, 0.4) is 0 Å². The van der Waals surface area contributed by atoms with Crippen LogP contribution in [-0.2, 0) is 16.4 Å². The van der Waals surface area contributed by atoms with Crippen molar-refractivity contribution in [1.82, 2.24) is 5.32 Å². The van der Waals surface area contributed by atoms with Gasteiger partial charge in [-0.05, 0) is 29.2 Å². The lowest BCUT2D eigenvalue weighted by atomic mass is 10.0. The molecule has 2 aromatic rings. The van der Waals surface area contributed by atoms with E-state index in [0.29, 0.717) is 19.7 Å². The topological polar surface area (TPSA) is 55.4 Å². The average molecular weight is 420 g/mol. The lowest BCUT2D eigenvalue weighted by molar-refractivity contribution is 0.311. The fourth-order valence-electron chi connectivity index (χ4n) is 2.55. The first-order chi connectivity index (χ1) is 12.2. The van der Waals surface area contributed by atoms with E-state index in [1.165, 1.54) is 12.3 Å². The maximum atomic E-state index is 13.1. The number of halogens is 3. The summed E-state index contributed by atoms with van der Waals surface area (Å²) in [6.07, 6.45) is 1.24. The normalized spacial score (nSPS) is 12.3. The fraction of sp³-hybridized carbons (Fsp3) is 0.368. The first-order valence-electron chi connectivity index (χ1n) is 8.30. The number of sulfone groups is 1. The molecule has 1 N–H and O–H groups in total. The summed E-state index contributed by atoms with van der Waals surface area (Å²) < 4.78 is 53.9. The SMILES string of the molecule is C[C@@H](CS(C)(=O)=O)c1ccc(CNCCOc2ccc(F)c(F)c2)cc1.Cl. The Hall–Kier alpha value is -1.70. The highest BCUT2D eigenvalue weighted by Crippen LogP contribution is 2.18. The van der Waals surface area contributed by atoms with Crippen molar-refractivity contribution in [3.8, 4) is 5.75 Å². The lowest BCUT2D eigenvalue weighted by Gasteiger charge is -2.12. The minimum absolute atomic E-state index is 0. The molecule has 0 aromatic heterocycles. The summed E-state index contributed by atoms with van der Waals surface area (Å²) in [5, 5.41) is 3.20. The van der Waals surface area contributed by atoms with Gasteiger partial charge >= 0.3 is 0 Å². The molecule has 0 bridgehead atoms. The summed E-state index contributed by atoms with van der Waals surface area (Å²) in [7, 11) is -3.00. The van der Waals surface area contributed by atoms with Gasteiger partial charge in [0.2, 0.25) is 0 Å². The third kappa shape index (κ3) is 8.24. The zero-order valence-electron chi connectivity index (χ0n) is 15.2. The summed E-state index contributed by atoms with van der Waals surface area (Å²) in [5.74, 6) is -1.46. The Kier molecular flexibility index (Phi) is 9.15. The molecule has 0 aliphatic heterocycles. The minimum Gasteiger partial charge on any atom is -0.492 e. The number of benzene rings is 2. The molecule has 2 aromatic carbocycles. The Labute approximate surface area is 165 Å². The van der Waals surface area contributed by atoms with Crippen molar-refractivity contribution in [3.63, 3.8) is 0 Å². The highest BCUT2D eigenvalue weighted by molar-refractivity contribution is 7.90. The smallest absolute Gasteiger partial charge is 0.162 e. The number of nitrogens with one attached hydrogen (secondary N) is 1. The van der Waals surface area contributed by atoms with Gasteiger partial charge in [0.25, 0.3) is 0 Å². The number of rotatable bonds is 9. The molecule has 0 radical (unpaired) electrons. The van der Waals surface area contributed by atoms with Crippen molar-refractivity contribution < 1.29 is 21.9 Å². The highest BCUT2D eigenvalue weighted by Gasteiger charge is 2.12. The standard InChI is InChI=1S/C19H23F2NO3S.ClH/c1-14(13-26(2,23)24)16-5-3-15(4-6-16)12-22-9-10-25-17-7-8-18(20)19(21)11-17;/h3-8,11,14,22H,9-10,12-13H2,1-2H3;1H/t14-;/m0./s1. The molecule has 8 heteroatoms.